The van der Waals surface area contributed by atoms with Crippen LogP contribution in [0.25, 0.3) is 11.4 Å². The zero-order valence-corrected chi connectivity index (χ0v) is 11.5. The van der Waals surface area contributed by atoms with Crippen LogP contribution in [0.2, 0.25) is 0 Å². The van der Waals surface area contributed by atoms with Gasteiger partial charge in [-0.3, -0.25) is 0 Å². The number of nitrogens with one attached hydrogen (secondary N) is 1. The monoisotopic (exact) mass is 315 g/mol. The first kappa shape index (κ1) is 15.8. The molecular weight excluding hydrogens is 303 g/mol. The van der Waals surface area contributed by atoms with E-state index >= 15 is 0 Å². The molecule has 0 radical (unpaired) electrons. The molecule has 9 heteroatoms. The molecule has 0 atom stereocenters. The highest BCUT2D eigenvalue weighted by Gasteiger charge is 2.38. The summed E-state index contributed by atoms with van der Waals surface area (Å²) in [6, 6.07) is 6.58. The van der Waals surface area contributed by atoms with Crippen molar-refractivity contribution in [1.29, 1.82) is 0 Å². The Morgan fingerprint density at radius 3 is 2.55 bits per heavy atom. The summed E-state index contributed by atoms with van der Waals surface area (Å²) in [4.78, 5) is 14.2. The second-order valence-corrected chi connectivity index (χ2v) is 4.29. The van der Waals surface area contributed by atoms with E-state index < -0.39 is 18.2 Å². The van der Waals surface area contributed by atoms with Crippen LogP contribution in [0.5, 0.6) is 0 Å². The van der Waals surface area contributed by atoms with Crippen molar-refractivity contribution in [3.05, 3.63) is 35.7 Å². The Morgan fingerprint density at radius 2 is 2.00 bits per heavy atom. The van der Waals surface area contributed by atoms with Gasteiger partial charge in [0.1, 0.15) is 0 Å². The van der Waals surface area contributed by atoms with Gasteiger partial charge in [0.2, 0.25) is 5.82 Å². The fourth-order valence-electron chi connectivity index (χ4n) is 1.66. The van der Waals surface area contributed by atoms with Crippen molar-refractivity contribution in [3.63, 3.8) is 0 Å². The number of alkyl halides is 3. The molecule has 1 aromatic heterocycles. The van der Waals surface area contributed by atoms with Crippen LogP contribution < -0.4 is 5.32 Å². The Balaban J connectivity index is 2.00. The van der Waals surface area contributed by atoms with E-state index in [1.165, 1.54) is 7.11 Å². The van der Waals surface area contributed by atoms with Crippen molar-refractivity contribution in [2.75, 3.05) is 13.7 Å². The molecule has 0 spiro atoms. The number of ether oxygens (including phenoxy) is 1. The summed E-state index contributed by atoms with van der Waals surface area (Å²) in [7, 11) is 1.27. The first-order chi connectivity index (χ1) is 10.4. The Hall–Kier alpha value is -2.58. The minimum absolute atomic E-state index is 0.133. The lowest BCUT2D eigenvalue weighted by atomic mass is 10.1. The largest absolute Gasteiger partial charge is 0.471 e. The van der Waals surface area contributed by atoms with Gasteiger partial charge in [-0.15, -0.1) is 0 Å². The van der Waals surface area contributed by atoms with E-state index in [9.17, 15) is 18.0 Å². The molecular formula is C13H12F3N3O3. The highest BCUT2D eigenvalue weighted by molar-refractivity contribution is 5.66. The average molecular weight is 315 g/mol. The molecule has 2 rings (SSSR count). The quantitative estimate of drug-likeness (QED) is 0.938. The molecule has 118 valence electrons. The number of methoxy groups -OCH3 is 1. The first-order valence-electron chi connectivity index (χ1n) is 6.22. The number of aromatic nitrogens is 2. The predicted octanol–water partition coefficient (Wildman–Crippen LogP) is 2.65. The average Bonchev–Trinajstić information content (AvgIpc) is 2.97. The normalized spacial score (nSPS) is 11.3. The topological polar surface area (TPSA) is 77.2 Å². The van der Waals surface area contributed by atoms with Gasteiger partial charge in [0.15, 0.2) is 0 Å². The lowest BCUT2D eigenvalue weighted by molar-refractivity contribution is -0.159. The summed E-state index contributed by atoms with van der Waals surface area (Å²) < 4.78 is 45.7. The summed E-state index contributed by atoms with van der Waals surface area (Å²) in [5.41, 5.74) is 1.30. The molecule has 0 saturated carbocycles. The van der Waals surface area contributed by atoms with Gasteiger partial charge in [-0.25, -0.2) is 4.79 Å². The van der Waals surface area contributed by atoms with Gasteiger partial charge >= 0.3 is 18.2 Å². The third-order valence-electron chi connectivity index (χ3n) is 2.75. The summed E-state index contributed by atoms with van der Waals surface area (Å²) in [5, 5.41) is 5.82. The molecule has 6 nitrogen and oxygen atoms in total. The van der Waals surface area contributed by atoms with Crippen LogP contribution in [0.15, 0.2) is 28.8 Å². The van der Waals surface area contributed by atoms with Gasteiger partial charge in [-0.1, -0.05) is 29.4 Å². The van der Waals surface area contributed by atoms with Gasteiger partial charge in [0.05, 0.1) is 7.11 Å². The number of amides is 1. The summed E-state index contributed by atoms with van der Waals surface area (Å²) >= 11 is 0. The number of rotatable bonds is 4. The van der Waals surface area contributed by atoms with E-state index in [1.54, 1.807) is 24.3 Å². The van der Waals surface area contributed by atoms with Crippen molar-refractivity contribution in [1.82, 2.24) is 15.5 Å². The number of nitrogens with zero attached hydrogens (tertiary/aromatic N) is 2. The summed E-state index contributed by atoms with van der Waals surface area (Å²) in [6.07, 6.45) is -4.64. The van der Waals surface area contributed by atoms with Gasteiger partial charge in [0, 0.05) is 12.1 Å². The van der Waals surface area contributed by atoms with E-state index in [1.807, 2.05) is 0 Å². The summed E-state index contributed by atoms with van der Waals surface area (Å²) in [5.74, 6) is -1.51. The zero-order valence-electron chi connectivity index (χ0n) is 11.5. The van der Waals surface area contributed by atoms with Crippen molar-refractivity contribution in [2.24, 2.45) is 0 Å². The maximum absolute atomic E-state index is 12.4. The summed E-state index contributed by atoms with van der Waals surface area (Å²) in [6.45, 7) is 0.381. The van der Waals surface area contributed by atoms with Crippen LogP contribution in [0.1, 0.15) is 11.5 Å². The van der Waals surface area contributed by atoms with E-state index in [2.05, 4.69) is 24.7 Å². The fraction of sp³-hybridized carbons (Fsp3) is 0.308. The number of hydrogen-bond acceptors (Lipinski definition) is 5. The Kier molecular flexibility index (Phi) is 4.64. The maximum atomic E-state index is 12.4. The minimum atomic E-state index is -4.66. The molecule has 0 aliphatic rings. The van der Waals surface area contributed by atoms with Crippen LogP contribution in [0.3, 0.4) is 0 Å². The molecule has 1 aromatic carbocycles. The number of carbonyl (C=O) groups is 1. The maximum Gasteiger partial charge on any atom is 0.471 e. The SMILES string of the molecule is COC(=O)NCCc1ccc(-c2noc(C(F)(F)F)n2)cc1. The smallest absolute Gasteiger partial charge is 0.453 e. The van der Waals surface area contributed by atoms with Crippen LogP contribution in [0.4, 0.5) is 18.0 Å². The molecule has 0 saturated heterocycles. The van der Waals surface area contributed by atoms with Crippen molar-refractivity contribution < 1.29 is 27.2 Å². The third kappa shape index (κ3) is 3.96. The highest BCUT2D eigenvalue weighted by Crippen LogP contribution is 2.29. The van der Waals surface area contributed by atoms with Crippen molar-refractivity contribution in [3.8, 4) is 11.4 Å². The predicted molar refractivity (Wildman–Crippen MR) is 68.8 cm³/mol. The lowest BCUT2D eigenvalue weighted by Crippen LogP contribution is -2.25. The van der Waals surface area contributed by atoms with Gasteiger partial charge in [-0.05, 0) is 12.0 Å². The number of benzene rings is 1. The second-order valence-electron chi connectivity index (χ2n) is 4.29. The van der Waals surface area contributed by atoms with Crippen molar-refractivity contribution in [2.45, 2.75) is 12.6 Å². The Labute approximate surface area is 123 Å². The molecule has 0 aliphatic heterocycles. The standard InChI is InChI=1S/C13H12F3N3O3/c1-21-12(20)17-7-6-8-2-4-9(5-3-8)10-18-11(22-19-10)13(14,15)16/h2-5H,6-7H2,1H3,(H,17,20). The molecule has 1 N–H and O–H groups in total. The molecule has 2 aromatic rings. The Morgan fingerprint density at radius 1 is 1.32 bits per heavy atom. The van der Waals surface area contributed by atoms with Crippen LogP contribution in [-0.2, 0) is 17.3 Å². The molecule has 0 aliphatic carbocycles. The van der Waals surface area contributed by atoms with Crippen LogP contribution in [-0.4, -0.2) is 29.9 Å². The minimum Gasteiger partial charge on any atom is -0.453 e. The first-order valence-corrected chi connectivity index (χ1v) is 6.22. The molecule has 22 heavy (non-hydrogen) atoms. The molecule has 0 fully saturated rings. The highest BCUT2D eigenvalue weighted by atomic mass is 19.4. The molecule has 0 bridgehead atoms. The fourth-order valence-corrected chi connectivity index (χ4v) is 1.66. The van der Waals surface area contributed by atoms with Crippen LogP contribution >= 0.6 is 0 Å². The van der Waals surface area contributed by atoms with Gasteiger partial charge in [-0.2, -0.15) is 18.2 Å². The van der Waals surface area contributed by atoms with E-state index in [0.717, 1.165) is 5.56 Å². The molecule has 1 heterocycles. The van der Waals surface area contributed by atoms with E-state index in [0.29, 0.717) is 18.5 Å². The van der Waals surface area contributed by atoms with Crippen LogP contribution in [0, 0.1) is 0 Å². The number of carbonyl (C=O) groups excluding carboxylic acids is 1. The van der Waals surface area contributed by atoms with Crippen molar-refractivity contribution >= 4 is 6.09 Å². The molecule has 1 amide bonds. The number of alkyl carbamates (subject to hydrolysis) is 1. The second kappa shape index (κ2) is 6.46. The van der Waals surface area contributed by atoms with Gasteiger partial charge in [0.25, 0.3) is 0 Å². The lowest BCUT2D eigenvalue weighted by Gasteiger charge is -2.04. The number of halogens is 3. The Bertz CT molecular complexity index is 638. The molecule has 0 unspecified atom stereocenters. The van der Waals surface area contributed by atoms with E-state index in [-0.39, 0.29) is 5.82 Å². The third-order valence-corrected chi connectivity index (χ3v) is 2.75. The zero-order chi connectivity index (χ0) is 16.2. The van der Waals surface area contributed by atoms with Gasteiger partial charge < -0.3 is 14.6 Å². The van der Waals surface area contributed by atoms with E-state index in [4.69, 9.17) is 0 Å². The number of hydrogen-bond donors (Lipinski definition) is 1.